The normalized spacial score (nSPS) is 10.5. The molecule has 0 bridgehead atoms. The molecular weight excluding hydrogens is 453 g/mol. The Hall–Kier alpha value is -3.93. The van der Waals surface area contributed by atoms with Crippen LogP contribution >= 0.6 is 11.8 Å². The van der Waals surface area contributed by atoms with Gasteiger partial charge in [-0.1, -0.05) is 17.8 Å². The van der Waals surface area contributed by atoms with E-state index in [2.05, 4.69) is 22.1 Å². The van der Waals surface area contributed by atoms with Crippen LogP contribution in [-0.2, 0) is 17.9 Å². The van der Waals surface area contributed by atoms with Gasteiger partial charge in [-0.2, -0.15) is 0 Å². The largest absolute Gasteiger partial charge is 0.495 e. The Morgan fingerprint density at radius 1 is 1.30 bits per heavy atom. The Balaban J connectivity index is 1.65. The first kappa shape index (κ1) is 23.7. The van der Waals surface area contributed by atoms with Gasteiger partial charge in [-0.3, -0.25) is 19.5 Å². The Labute approximate surface area is 192 Å². The molecule has 2 aromatic carbocycles. The van der Waals surface area contributed by atoms with E-state index >= 15 is 0 Å². The highest BCUT2D eigenvalue weighted by Crippen LogP contribution is 2.29. The standard InChI is InChI=1S/C21H20FN5O5S/c1-3-10-26-19(12-32-16-7-4-14(22)5-8-16)24-25-21(26)33-13-20(28)23-17-11-15(27(29)30)6-9-18(17)31-2/h3-9,11H,1,10,12-13H2,2H3,(H,23,28). The zero-order chi connectivity index (χ0) is 23.8. The van der Waals surface area contributed by atoms with E-state index in [0.29, 0.717) is 29.0 Å². The molecule has 1 N–H and O–H groups in total. The number of methoxy groups -OCH3 is 1. The number of hydrogen-bond donors (Lipinski definition) is 1. The number of amides is 1. The first-order chi connectivity index (χ1) is 15.9. The fraction of sp³-hybridized carbons (Fsp3) is 0.190. The maximum absolute atomic E-state index is 13.0. The minimum absolute atomic E-state index is 0.0278. The molecule has 1 heterocycles. The average Bonchev–Trinajstić information content (AvgIpc) is 3.19. The Morgan fingerprint density at radius 2 is 2.06 bits per heavy atom. The summed E-state index contributed by atoms with van der Waals surface area (Å²) in [6.07, 6.45) is 1.66. The summed E-state index contributed by atoms with van der Waals surface area (Å²) in [6.45, 7) is 4.20. The minimum Gasteiger partial charge on any atom is -0.495 e. The summed E-state index contributed by atoms with van der Waals surface area (Å²) < 4.78 is 25.6. The molecule has 3 rings (SSSR count). The summed E-state index contributed by atoms with van der Waals surface area (Å²) in [4.78, 5) is 22.9. The summed E-state index contributed by atoms with van der Waals surface area (Å²) in [7, 11) is 1.40. The van der Waals surface area contributed by atoms with Crippen molar-refractivity contribution in [3.05, 3.63) is 76.9 Å². The number of carbonyl (C=O) groups is 1. The van der Waals surface area contributed by atoms with Gasteiger partial charge in [-0.15, -0.1) is 16.8 Å². The molecule has 0 saturated heterocycles. The molecule has 0 aliphatic heterocycles. The van der Waals surface area contributed by atoms with Crippen LogP contribution in [0.2, 0.25) is 0 Å². The number of non-ortho nitro benzene ring substituents is 1. The molecule has 0 atom stereocenters. The number of nitro benzene ring substituents is 1. The van der Waals surface area contributed by atoms with E-state index in [9.17, 15) is 19.3 Å². The molecule has 10 nitrogen and oxygen atoms in total. The minimum atomic E-state index is -0.558. The maximum Gasteiger partial charge on any atom is 0.271 e. The van der Waals surface area contributed by atoms with Crippen LogP contribution < -0.4 is 14.8 Å². The quantitative estimate of drug-likeness (QED) is 0.193. The van der Waals surface area contributed by atoms with E-state index in [1.807, 2.05) is 0 Å². The number of rotatable bonds is 11. The predicted octanol–water partition coefficient (Wildman–Crippen LogP) is 3.83. The van der Waals surface area contributed by atoms with Crippen LogP contribution in [0.1, 0.15) is 5.82 Å². The van der Waals surface area contributed by atoms with E-state index in [-0.39, 0.29) is 29.6 Å². The van der Waals surface area contributed by atoms with Gasteiger partial charge in [0.25, 0.3) is 5.69 Å². The smallest absolute Gasteiger partial charge is 0.271 e. The zero-order valence-corrected chi connectivity index (χ0v) is 18.4. The first-order valence-electron chi connectivity index (χ1n) is 9.57. The van der Waals surface area contributed by atoms with Crippen molar-refractivity contribution in [2.75, 3.05) is 18.2 Å². The fourth-order valence-corrected chi connectivity index (χ4v) is 3.51. The number of nitro groups is 1. The number of halogens is 1. The predicted molar refractivity (Wildman–Crippen MR) is 120 cm³/mol. The highest BCUT2D eigenvalue weighted by Gasteiger charge is 2.17. The summed E-state index contributed by atoms with van der Waals surface area (Å²) in [5, 5.41) is 22.3. The number of allylic oxidation sites excluding steroid dienone is 1. The van der Waals surface area contributed by atoms with E-state index in [1.165, 1.54) is 49.6 Å². The number of nitrogens with zero attached hydrogens (tertiary/aromatic N) is 4. The molecule has 0 fully saturated rings. The number of aromatic nitrogens is 3. The molecule has 33 heavy (non-hydrogen) atoms. The lowest BCUT2D eigenvalue weighted by molar-refractivity contribution is -0.384. The molecule has 3 aromatic rings. The first-order valence-corrected chi connectivity index (χ1v) is 10.6. The van der Waals surface area contributed by atoms with E-state index in [4.69, 9.17) is 9.47 Å². The molecule has 1 amide bonds. The molecule has 0 aliphatic carbocycles. The van der Waals surface area contributed by atoms with E-state index in [0.717, 1.165) is 11.8 Å². The molecule has 172 valence electrons. The highest BCUT2D eigenvalue weighted by molar-refractivity contribution is 7.99. The topological polar surface area (TPSA) is 121 Å². The number of thioether (sulfide) groups is 1. The third-order valence-electron chi connectivity index (χ3n) is 4.29. The second kappa shape index (κ2) is 11.1. The zero-order valence-electron chi connectivity index (χ0n) is 17.6. The second-order valence-corrected chi connectivity index (χ2v) is 7.46. The molecule has 0 aliphatic rings. The third kappa shape index (κ3) is 6.29. The highest BCUT2D eigenvalue weighted by atomic mass is 32.2. The summed E-state index contributed by atoms with van der Waals surface area (Å²) in [5.41, 5.74) is 0.0218. The van der Waals surface area contributed by atoms with Gasteiger partial charge < -0.3 is 14.8 Å². The lowest BCUT2D eigenvalue weighted by atomic mass is 10.2. The van der Waals surface area contributed by atoms with Crippen molar-refractivity contribution in [2.24, 2.45) is 0 Å². The number of nitrogens with one attached hydrogen (secondary N) is 1. The Morgan fingerprint density at radius 3 is 2.73 bits per heavy atom. The molecule has 12 heteroatoms. The van der Waals surface area contributed by atoms with Crippen molar-refractivity contribution in [2.45, 2.75) is 18.3 Å². The fourth-order valence-electron chi connectivity index (χ4n) is 2.75. The number of anilines is 1. The van der Waals surface area contributed by atoms with Gasteiger partial charge in [0.05, 0.1) is 23.5 Å². The van der Waals surface area contributed by atoms with Crippen molar-refractivity contribution < 1.29 is 23.6 Å². The molecule has 0 radical (unpaired) electrons. The van der Waals surface area contributed by atoms with Gasteiger partial charge in [0, 0.05) is 18.7 Å². The SMILES string of the molecule is C=CCn1c(COc2ccc(F)cc2)nnc1SCC(=O)Nc1cc([N+](=O)[O-])ccc1OC. The molecule has 0 unspecified atom stereocenters. The van der Waals surface area contributed by atoms with Crippen LogP contribution in [0, 0.1) is 15.9 Å². The number of carbonyl (C=O) groups excluding carboxylic acids is 1. The van der Waals surface area contributed by atoms with Gasteiger partial charge in [-0.05, 0) is 30.3 Å². The lowest BCUT2D eigenvalue weighted by Crippen LogP contribution is -2.15. The summed E-state index contributed by atoms with van der Waals surface area (Å²) in [5.74, 6) is 0.480. The van der Waals surface area contributed by atoms with E-state index < -0.39 is 10.8 Å². The van der Waals surface area contributed by atoms with Crippen molar-refractivity contribution in [3.63, 3.8) is 0 Å². The second-order valence-electron chi connectivity index (χ2n) is 6.52. The van der Waals surface area contributed by atoms with Crippen LogP contribution in [0.25, 0.3) is 0 Å². The van der Waals surface area contributed by atoms with Crippen LogP contribution in [0.3, 0.4) is 0 Å². The average molecular weight is 473 g/mol. The van der Waals surface area contributed by atoms with Crippen molar-refractivity contribution in [3.8, 4) is 11.5 Å². The molecule has 0 saturated carbocycles. The number of benzene rings is 2. The van der Waals surface area contributed by atoms with Crippen molar-refractivity contribution in [1.29, 1.82) is 0 Å². The maximum atomic E-state index is 13.0. The molecular formula is C21H20FN5O5S. The molecule has 1 aromatic heterocycles. The van der Waals surface area contributed by atoms with Crippen molar-refractivity contribution >= 4 is 29.0 Å². The third-order valence-corrected chi connectivity index (χ3v) is 5.25. The van der Waals surface area contributed by atoms with Crippen LogP contribution in [0.4, 0.5) is 15.8 Å². The van der Waals surface area contributed by atoms with Crippen LogP contribution in [0.15, 0.2) is 60.3 Å². The summed E-state index contributed by atoms with van der Waals surface area (Å²) in [6, 6.07) is 9.52. The number of hydrogen-bond acceptors (Lipinski definition) is 8. The lowest BCUT2D eigenvalue weighted by Gasteiger charge is -2.11. The van der Waals surface area contributed by atoms with E-state index in [1.54, 1.807) is 10.6 Å². The number of ether oxygens (including phenoxy) is 2. The summed E-state index contributed by atoms with van der Waals surface area (Å²) >= 11 is 1.13. The Kier molecular flexibility index (Phi) is 7.97. The molecule has 0 spiro atoms. The monoisotopic (exact) mass is 473 g/mol. The van der Waals surface area contributed by atoms with Crippen molar-refractivity contribution in [1.82, 2.24) is 14.8 Å². The Bertz CT molecular complexity index is 1150. The van der Waals surface area contributed by atoms with Crippen LogP contribution in [-0.4, -0.2) is 38.5 Å². The van der Waals surface area contributed by atoms with Gasteiger partial charge in [0.1, 0.15) is 23.9 Å². The van der Waals surface area contributed by atoms with Gasteiger partial charge in [-0.25, -0.2) is 4.39 Å². The van der Waals surface area contributed by atoms with Crippen LogP contribution in [0.5, 0.6) is 11.5 Å². The van der Waals surface area contributed by atoms with Gasteiger partial charge in [0.15, 0.2) is 11.0 Å². The van der Waals surface area contributed by atoms with Gasteiger partial charge in [0.2, 0.25) is 5.91 Å². The van der Waals surface area contributed by atoms with Gasteiger partial charge >= 0.3 is 0 Å².